The van der Waals surface area contributed by atoms with E-state index in [-0.39, 0.29) is 12.2 Å². The molecule has 1 aromatic carbocycles. The molecule has 0 aliphatic heterocycles. The Morgan fingerprint density at radius 3 is 2.50 bits per heavy atom. The maximum absolute atomic E-state index is 13.8. The zero-order chi connectivity index (χ0) is 13.8. The molecule has 0 saturated carbocycles. The van der Waals surface area contributed by atoms with Crippen molar-refractivity contribution in [2.24, 2.45) is 0 Å². The summed E-state index contributed by atoms with van der Waals surface area (Å²) in [6.45, 7) is 5.23. The molecule has 0 spiro atoms. The van der Waals surface area contributed by atoms with Crippen molar-refractivity contribution in [2.75, 3.05) is 6.61 Å². The Morgan fingerprint density at radius 1 is 1.39 bits per heavy atom. The van der Waals surface area contributed by atoms with Gasteiger partial charge in [0.1, 0.15) is 5.82 Å². The maximum Gasteiger partial charge on any atom is 0.254 e. The number of rotatable bonds is 5. The van der Waals surface area contributed by atoms with Crippen LogP contribution in [0.25, 0.3) is 0 Å². The summed E-state index contributed by atoms with van der Waals surface area (Å²) in [5, 5.41) is 12.1. The summed E-state index contributed by atoms with van der Waals surface area (Å²) in [6, 6.07) is 4.71. The SMILES string of the molecule is CCC(CC)(CO)NC(=O)c1cccc(C)c1F. The first-order valence-corrected chi connectivity index (χ1v) is 6.18. The van der Waals surface area contributed by atoms with Crippen molar-refractivity contribution in [3.8, 4) is 0 Å². The normalized spacial score (nSPS) is 11.4. The first-order valence-electron chi connectivity index (χ1n) is 6.18. The van der Waals surface area contributed by atoms with Gasteiger partial charge in [0.15, 0.2) is 0 Å². The van der Waals surface area contributed by atoms with Crippen LogP contribution in [0.15, 0.2) is 18.2 Å². The van der Waals surface area contributed by atoms with E-state index in [2.05, 4.69) is 5.32 Å². The molecular weight excluding hydrogens is 233 g/mol. The maximum atomic E-state index is 13.8. The number of hydrogen-bond acceptors (Lipinski definition) is 2. The Hall–Kier alpha value is -1.42. The molecule has 1 rings (SSSR count). The third-order valence-corrected chi connectivity index (χ3v) is 3.47. The molecule has 0 aliphatic rings. The Bertz CT molecular complexity index is 420. The summed E-state index contributed by atoms with van der Waals surface area (Å²) in [7, 11) is 0. The molecule has 4 heteroatoms. The van der Waals surface area contributed by atoms with Gasteiger partial charge in [-0.25, -0.2) is 4.39 Å². The standard InChI is InChI=1S/C14H20FNO2/c1-4-14(5-2,9-17)16-13(18)11-8-6-7-10(3)12(11)15/h6-8,17H,4-5,9H2,1-3H3,(H,16,18). The zero-order valence-electron chi connectivity index (χ0n) is 11.1. The summed E-state index contributed by atoms with van der Waals surface area (Å²) in [5.41, 5.74) is -0.215. The number of aliphatic hydroxyl groups is 1. The van der Waals surface area contributed by atoms with Crippen molar-refractivity contribution in [3.63, 3.8) is 0 Å². The Kier molecular flexibility index (Phi) is 4.84. The molecule has 100 valence electrons. The summed E-state index contributed by atoms with van der Waals surface area (Å²) < 4.78 is 13.8. The van der Waals surface area contributed by atoms with Crippen LogP contribution in [0.1, 0.15) is 42.6 Å². The van der Waals surface area contributed by atoms with Crippen LogP contribution in [-0.2, 0) is 0 Å². The average molecular weight is 253 g/mol. The minimum Gasteiger partial charge on any atom is -0.394 e. The first-order chi connectivity index (χ1) is 8.49. The molecule has 3 nitrogen and oxygen atoms in total. The number of benzene rings is 1. The molecule has 2 N–H and O–H groups in total. The number of halogens is 1. The Balaban J connectivity index is 2.98. The average Bonchev–Trinajstić information content (AvgIpc) is 2.39. The number of carbonyl (C=O) groups is 1. The molecule has 0 unspecified atom stereocenters. The number of aliphatic hydroxyl groups excluding tert-OH is 1. The van der Waals surface area contributed by atoms with Gasteiger partial charge in [0, 0.05) is 0 Å². The Morgan fingerprint density at radius 2 is 2.00 bits per heavy atom. The molecule has 0 aliphatic carbocycles. The summed E-state index contributed by atoms with van der Waals surface area (Å²) in [6.07, 6.45) is 1.19. The van der Waals surface area contributed by atoms with Gasteiger partial charge in [-0.1, -0.05) is 26.0 Å². The van der Waals surface area contributed by atoms with Crippen LogP contribution in [0, 0.1) is 12.7 Å². The topological polar surface area (TPSA) is 49.3 Å². The first kappa shape index (κ1) is 14.6. The third kappa shape index (κ3) is 2.88. The lowest BCUT2D eigenvalue weighted by Crippen LogP contribution is -2.50. The van der Waals surface area contributed by atoms with Crippen LogP contribution in [-0.4, -0.2) is 23.2 Å². The van der Waals surface area contributed by atoms with Crippen molar-refractivity contribution < 1.29 is 14.3 Å². The van der Waals surface area contributed by atoms with Crippen LogP contribution in [0.2, 0.25) is 0 Å². The van der Waals surface area contributed by atoms with Gasteiger partial charge < -0.3 is 10.4 Å². The second-order valence-electron chi connectivity index (χ2n) is 4.54. The molecule has 0 atom stereocenters. The van der Waals surface area contributed by atoms with Gasteiger partial charge >= 0.3 is 0 Å². The van der Waals surface area contributed by atoms with E-state index in [4.69, 9.17) is 0 Å². The number of nitrogens with one attached hydrogen (secondary N) is 1. The number of hydrogen-bond donors (Lipinski definition) is 2. The molecule has 0 aromatic heterocycles. The molecule has 18 heavy (non-hydrogen) atoms. The van der Waals surface area contributed by atoms with Crippen LogP contribution >= 0.6 is 0 Å². The number of carbonyl (C=O) groups excluding carboxylic acids is 1. The number of amides is 1. The molecule has 1 amide bonds. The molecule has 1 aromatic rings. The highest BCUT2D eigenvalue weighted by atomic mass is 19.1. The fraction of sp³-hybridized carbons (Fsp3) is 0.500. The van der Waals surface area contributed by atoms with Gasteiger partial charge in [-0.3, -0.25) is 4.79 Å². The van der Waals surface area contributed by atoms with Gasteiger partial charge in [0.25, 0.3) is 5.91 Å². The predicted molar refractivity (Wildman–Crippen MR) is 69.0 cm³/mol. The van der Waals surface area contributed by atoms with Crippen LogP contribution in [0.3, 0.4) is 0 Å². The molecule has 0 saturated heterocycles. The molecule has 0 fully saturated rings. The minimum absolute atomic E-state index is 0.0229. The van der Waals surface area contributed by atoms with Gasteiger partial charge in [0.2, 0.25) is 0 Å². The zero-order valence-corrected chi connectivity index (χ0v) is 11.1. The van der Waals surface area contributed by atoms with Crippen LogP contribution < -0.4 is 5.32 Å². The van der Waals surface area contributed by atoms with Gasteiger partial charge in [-0.15, -0.1) is 0 Å². The van der Waals surface area contributed by atoms with E-state index in [0.717, 1.165) is 0 Å². The fourth-order valence-corrected chi connectivity index (χ4v) is 1.82. The van der Waals surface area contributed by atoms with Crippen LogP contribution in [0.5, 0.6) is 0 Å². The van der Waals surface area contributed by atoms with Crippen molar-refractivity contribution in [3.05, 3.63) is 35.1 Å². The Labute approximate surface area is 107 Å². The second-order valence-corrected chi connectivity index (χ2v) is 4.54. The van der Waals surface area contributed by atoms with E-state index >= 15 is 0 Å². The summed E-state index contributed by atoms with van der Waals surface area (Å²) >= 11 is 0. The highest BCUT2D eigenvalue weighted by Crippen LogP contribution is 2.17. The lowest BCUT2D eigenvalue weighted by molar-refractivity contribution is 0.0813. The number of aryl methyl sites for hydroxylation is 1. The lowest BCUT2D eigenvalue weighted by atomic mass is 9.93. The largest absolute Gasteiger partial charge is 0.394 e. The second kappa shape index (κ2) is 5.96. The lowest BCUT2D eigenvalue weighted by Gasteiger charge is -2.30. The van der Waals surface area contributed by atoms with Crippen molar-refractivity contribution in [2.45, 2.75) is 39.2 Å². The monoisotopic (exact) mass is 253 g/mol. The predicted octanol–water partition coefficient (Wildman–Crippen LogP) is 2.42. The van der Waals surface area contributed by atoms with E-state index in [1.165, 1.54) is 6.07 Å². The summed E-state index contributed by atoms with van der Waals surface area (Å²) in [5.74, 6) is -0.983. The van der Waals surface area contributed by atoms with Gasteiger partial charge in [0.05, 0.1) is 17.7 Å². The van der Waals surface area contributed by atoms with Crippen molar-refractivity contribution in [1.82, 2.24) is 5.32 Å². The van der Waals surface area contributed by atoms with Crippen molar-refractivity contribution >= 4 is 5.91 Å². The van der Waals surface area contributed by atoms with Crippen LogP contribution in [0.4, 0.5) is 4.39 Å². The van der Waals surface area contributed by atoms with E-state index in [0.29, 0.717) is 18.4 Å². The summed E-state index contributed by atoms with van der Waals surface area (Å²) in [4.78, 5) is 12.0. The molecule has 0 heterocycles. The molecule has 0 bridgehead atoms. The van der Waals surface area contributed by atoms with E-state index in [9.17, 15) is 14.3 Å². The molecular formula is C14H20FNO2. The highest BCUT2D eigenvalue weighted by Gasteiger charge is 2.28. The van der Waals surface area contributed by atoms with E-state index < -0.39 is 17.3 Å². The van der Waals surface area contributed by atoms with Gasteiger partial charge in [-0.05, 0) is 31.4 Å². The van der Waals surface area contributed by atoms with Crippen molar-refractivity contribution in [1.29, 1.82) is 0 Å². The fourth-order valence-electron chi connectivity index (χ4n) is 1.82. The van der Waals surface area contributed by atoms with Gasteiger partial charge in [-0.2, -0.15) is 0 Å². The highest BCUT2D eigenvalue weighted by molar-refractivity contribution is 5.95. The molecule has 0 radical (unpaired) electrons. The minimum atomic E-state index is -0.673. The van der Waals surface area contributed by atoms with E-state index in [1.54, 1.807) is 19.1 Å². The third-order valence-electron chi connectivity index (χ3n) is 3.47. The smallest absolute Gasteiger partial charge is 0.254 e. The quantitative estimate of drug-likeness (QED) is 0.846. The van der Waals surface area contributed by atoms with E-state index in [1.807, 2.05) is 13.8 Å².